The number of aryl methyl sites for hydroxylation is 1. The fourth-order valence-corrected chi connectivity index (χ4v) is 2.92. The third-order valence-electron chi connectivity index (χ3n) is 4.36. The molecule has 0 bridgehead atoms. The van der Waals surface area contributed by atoms with Crippen molar-refractivity contribution in [2.45, 2.75) is 51.7 Å². The minimum absolute atomic E-state index is 0.177. The van der Waals surface area contributed by atoms with Crippen LogP contribution in [0.5, 0.6) is 5.75 Å². The van der Waals surface area contributed by atoms with Crippen molar-refractivity contribution in [3.8, 4) is 5.75 Å². The Hall–Kier alpha value is -2.54. The van der Waals surface area contributed by atoms with Crippen molar-refractivity contribution in [3.63, 3.8) is 0 Å². The summed E-state index contributed by atoms with van der Waals surface area (Å²) < 4.78 is 16.6. The molecular weight excluding hydrogens is 346 g/mol. The predicted octanol–water partition coefficient (Wildman–Crippen LogP) is 3.90. The summed E-state index contributed by atoms with van der Waals surface area (Å²) >= 11 is 0. The number of anilines is 1. The van der Waals surface area contributed by atoms with Gasteiger partial charge < -0.3 is 24.6 Å². The lowest BCUT2D eigenvalue weighted by Gasteiger charge is -2.22. The Kier molecular flexibility index (Phi) is 7.10. The zero-order chi connectivity index (χ0) is 18.9. The minimum Gasteiger partial charge on any atom is -0.491 e. The van der Waals surface area contributed by atoms with Gasteiger partial charge in [0.1, 0.15) is 12.4 Å². The topological polar surface area (TPSA) is 85.6 Å². The third-order valence-corrected chi connectivity index (χ3v) is 4.36. The first kappa shape index (κ1) is 19.2. The summed E-state index contributed by atoms with van der Waals surface area (Å²) in [6.45, 7) is 3.76. The van der Waals surface area contributed by atoms with Gasteiger partial charge in [-0.15, -0.1) is 0 Å². The van der Waals surface area contributed by atoms with Crippen LogP contribution in [0.1, 0.15) is 44.1 Å². The molecule has 7 heteroatoms. The third kappa shape index (κ3) is 6.29. The summed E-state index contributed by atoms with van der Waals surface area (Å²) in [4.78, 5) is 12.0. The quantitative estimate of drug-likeness (QED) is 0.733. The Morgan fingerprint density at radius 2 is 2.15 bits per heavy atom. The van der Waals surface area contributed by atoms with Gasteiger partial charge in [-0.1, -0.05) is 18.5 Å². The Morgan fingerprint density at radius 3 is 2.89 bits per heavy atom. The number of benzene rings is 1. The molecule has 2 aromatic rings. The molecule has 0 unspecified atom stereocenters. The van der Waals surface area contributed by atoms with E-state index in [4.69, 9.17) is 14.0 Å². The maximum absolute atomic E-state index is 12.0. The molecule has 2 heterocycles. The van der Waals surface area contributed by atoms with Crippen LogP contribution < -0.4 is 15.4 Å². The number of aromatic nitrogens is 1. The van der Waals surface area contributed by atoms with Crippen LogP contribution >= 0.6 is 0 Å². The van der Waals surface area contributed by atoms with E-state index in [2.05, 4.69) is 22.7 Å². The lowest BCUT2D eigenvalue weighted by molar-refractivity contribution is -0.0110. The van der Waals surface area contributed by atoms with Crippen molar-refractivity contribution in [1.29, 1.82) is 0 Å². The molecule has 146 valence electrons. The number of carbonyl (C=O) groups is 1. The highest BCUT2D eigenvalue weighted by Gasteiger charge is 2.14. The molecule has 1 aromatic carbocycles. The van der Waals surface area contributed by atoms with Crippen LogP contribution in [0.4, 0.5) is 10.5 Å². The van der Waals surface area contributed by atoms with Gasteiger partial charge in [-0.05, 0) is 49.9 Å². The molecule has 1 aliphatic heterocycles. The van der Waals surface area contributed by atoms with Crippen LogP contribution in [-0.4, -0.2) is 30.5 Å². The van der Waals surface area contributed by atoms with E-state index in [1.54, 1.807) is 0 Å². The first-order valence-corrected chi connectivity index (χ1v) is 9.56. The van der Waals surface area contributed by atoms with E-state index in [0.29, 0.717) is 24.6 Å². The molecule has 1 atom stereocenters. The van der Waals surface area contributed by atoms with Gasteiger partial charge in [0.15, 0.2) is 5.76 Å². The maximum Gasteiger partial charge on any atom is 0.319 e. The lowest BCUT2D eigenvalue weighted by atomic mass is 10.1. The van der Waals surface area contributed by atoms with Crippen LogP contribution in [-0.2, 0) is 17.7 Å². The van der Waals surface area contributed by atoms with Crippen LogP contribution in [0.3, 0.4) is 0 Å². The first-order valence-electron chi connectivity index (χ1n) is 9.56. The predicted molar refractivity (Wildman–Crippen MR) is 102 cm³/mol. The van der Waals surface area contributed by atoms with Crippen molar-refractivity contribution >= 4 is 11.7 Å². The van der Waals surface area contributed by atoms with Gasteiger partial charge in [-0.3, -0.25) is 0 Å². The zero-order valence-electron chi connectivity index (χ0n) is 15.7. The number of carbonyl (C=O) groups excluding carboxylic acids is 1. The second-order valence-corrected chi connectivity index (χ2v) is 6.67. The number of amides is 2. The Morgan fingerprint density at radius 1 is 1.30 bits per heavy atom. The molecule has 2 amide bonds. The first-order chi connectivity index (χ1) is 13.2. The standard InChI is InChI=1S/C20H27N3O4/c1-2-5-16-12-19(27-23-16)13-21-20(24)22-15-7-9-17(10-8-15)26-14-18-6-3-4-11-25-18/h7-10,12,18H,2-6,11,13-14H2,1H3,(H2,21,22,24)/t18-/m1/s1. The second-order valence-electron chi connectivity index (χ2n) is 6.67. The summed E-state index contributed by atoms with van der Waals surface area (Å²) in [5, 5.41) is 9.50. The van der Waals surface area contributed by atoms with Gasteiger partial charge in [0.25, 0.3) is 0 Å². The summed E-state index contributed by atoms with van der Waals surface area (Å²) in [6.07, 6.45) is 5.43. The van der Waals surface area contributed by atoms with Crippen molar-refractivity contribution in [2.24, 2.45) is 0 Å². The van der Waals surface area contributed by atoms with Gasteiger partial charge in [0.2, 0.25) is 0 Å². The highest BCUT2D eigenvalue weighted by molar-refractivity contribution is 5.89. The summed E-state index contributed by atoms with van der Waals surface area (Å²) in [6, 6.07) is 8.87. The normalized spacial score (nSPS) is 16.7. The van der Waals surface area contributed by atoms with E-state index < -0.39 is 0 Å². The van der Waals surface area contributed by atoms with Gasteiger partial charge in [-0.2, -0.15) is 0 Å². The molecule has 0 saturated carbocycles. The molecule has 1 fully saturated rings. The van der Waals surface area contributed by atoms with Gasteiger partial charge in [-0.25, -0.2) is 4.79 Å². The smallest absolute Gasteiger partial charge is 0.319 e. The molecule has 1 saturated heterocycles. The number of rotatable bonds is 8. The maximum atomic E-state index is 12.0. The number of hydrogen-bond donors (Lipinski definition) is 2. The van der Waals surface area contributed by atoms with Crippen LogP contribution in [0.2, 0.25) is 0 Å². The molecule has 1 aromatic heterocycles. The van der Waals surface area contributed by atoms with E-state index in [1.807, 2.05) is 30.3 Å². The lowest BCUT2D eigenvalue weighted by Crippen LogP contribution is -2.28. The van der Waals surface area contributed by atoms with Crippen molar-refractivity contribution in [3.05, 3.63) is 41.8 Å². The highest BCUT2D eigenvalue weighted by atomic mass is 16.5. The van der Waals surface area contributed by atoms with Crippen LogP contribution in [0.15, 0.2) is 34.9 Å². The Labute approximate surface area is 159 Å². The fourth-order valence-electron chi connectivity index (χ4n) is 2.92. The van der Waals surface area contributed by atoms with E-state index in [-0.39, 0.29) is 12.1 Å². The second kappa shape index (κ2) is 9.97. The summed E-state index contributed by atoms with van der Waals surface area (Å²) in [5.41, 5.74) is 1.60. The molecule has 0 aliphatic carbocycles. The molecule has 7 nitrogen and oxygen atoms in total. The van der Waals surface area contributed by atoms with Crippen LogP contribution in [0.25, 0.3) is 0 Å². The number of hydrogen-bond acceptors (Lipinski definition) is 5. The van der Waals surface area contributed by atoms with Crippen molar-refractivity contribution in [2.75, 3.05) is 18.5 Å². The van der Waals surface area contributed by atoms with E-state index >= 15 is 0 Å². The molecule has 1 aliphatic rings. The van der Waals surface area contributed by atoms with Gasteiger partial charge in [0.05, 0.1) is 18.3 Å². The average molecular weight is 373 g/mol. The van der Waals surface area contributed by atoms with Crippen molar-refractivity contribution < 1.29 is 18.8 Å². The van der Waals surface area contributed by atoms with E-state index in [1.165, 1.54) is 6.42 Å². The zero-order valence-corrected chi connectivity index (χ0v) is 15.7. The van der Waals surface area contributed by atoms with Crippen LogP contribution in [0, 0.1) is 0 Å². The molecule has 27 heavy (non-hydrogen) atoms. The average Bonchev–Trinajstić information content (AvgIpc) is 3.15. The van der Waals surface area contributed by atoms with E-state index in [0.717, 1.165) is 43.7 Å². The number of ether oxygens (including phenoxy) is 2. The SMILES string of the molecule is CCCc1cc(CNC(=O)Nc2ccc(OC[C@H]3CCCCO3)cc2)on1. The Balaban J connectivity index is 1.39. The molecule has 0 spiro atoms. The highest BCUT2D eigenvalue weighted by Crippen LogP contribution is 2.18. The number of nitrogens with zero attached hydrogens (tertiary/aromatic N) is 1. The molecular formula is C20H27N3O4. The fraction of sp³-hybridized carbons (Fsp3) is 0.500. The largest absolute Gasteiger partial charge is 0.491 e. The summed E-state index contributed by atoms with van der Waals surface area (Å²) in [5.74, 6) is 1.41. The summed E-state index contributed by atoms with van der Waals surface area (Å²) in [7, 11) is 0. The number of urea groups is 1. The Bertz CT molecular complexity index is 708. The molecule has 3 rings (SSSR count). The monoisotopic (exact) mass is 373 g/mol. The molecule has 0 radical (unpaired) electrons. The van der Waals surface area contributed by atoms with Crippen molar-refractivity contribution in [1.82, 2.24) is 10.5 Å². The van der Waals surface area contributed by atoms with Gasteiger partial charge >= 0.3 is 6.03 Å². The molecule has 2 N–H and O–H groups in total. The minimum atomic E-state index is -0.298. The van der Waals surface area contributed by atoms with E-state index in [9.17, 15) is 4.79 Å². The van der Waals surface area contributed by atoms with Gasteiger partial charge in [0, 0.05) is 18.4 Å². The number of nitrogens with one attached hydrogen (secondary N) is 2.